The van der Waals surface area contributed by atoms with Crippen molar-refractivity contribution in [3.63, 3.8) is 0 Å². The van der Waals surface area contributed by atoms with Crippen molar-refractivity contribution in [2.45, 2.75) is 19.4 Å². The lowest BCUT2D eigenvalue weighted by atomic mass is 9.97. The molecule has 1 atom stereocenters. The van der Waals surface area contributed by atoms with Gasteiger partial charge in [0.25, 0.3) is 0 Å². The van der Waals surface area contributed by atoms with Gasteiger partial charge in [-0.1, -0.05) is 22.0 Å². The van der Waals surface area contributed by atoms with E-state index in [2.05, 4.69) is 15.9 Å². The van der Waals surface area contributed by atoms with Gasteiger partial charge in [0.2, 0.25) is 0 Å². The highest BCUT2D eigenvalue weighted by molar-refractivity contribution is 9.10. The molecule has 19 heavy (non-hydrogen) atoms. The van der Waals surface area contributed by atoms with Crippen LogP contribution in [-0.2, 0) is 6.42 Å². The van der Waals surface area contributed by atoms with Crippen molar-refractivity contribution in [3.8, 4) is 0 Å². The van der Waals surface area contributed by atoms with Gasteiger partial charge >= 0.3 is 0 Å². The number of halogens is 3. The Morgan fingerprint density at radius 1 is 1.16 bits per heavy atom. The zero-order valence-electron chi connectivity index (χ0n) is 10.3. The molecule has 0 saturated carbocycles. The predicted octanol–water partition coefficient (Wildman–Crippen LogP) is 4.31. The van der Waals surface area contributed by atoms with Crippen LogP contribution in [0.4, 0.5) is 8.78 Å². The second-order valence-corrected chi connectivity index (χ2v) is 5.37. The SMILES string of the molecule is Cc1cc(Br)ccc1C(O)Cc1cc(F)ccc1F. The van der Waals surface area contributed by atoms with Crippen molar-refractivity contribution >= 4 is 15.9 Å². The van der Waals surface area contributed by atoms with Crippen LogP contribution >= 0.6 is 15.9 Å². The summed E-state index contributed by atoms with van der Waals surface area (Å²) in [6, 6.07) is 8.73. The summed E-state index contributed by atoms with van der Waals surface area (Å²) in [7, 11) is 0. The van der Waals surface area contributed by atoms with Crippen LogP contribution in [0.3, 0.4) is 0 Å². The van der Waals surface area contributed by atoms with Crippen molar-refractivity contribution in [1.82, 2.24) is 0 Å². The maximum atomic E-state index is 13.5. The Bertz CT molecular complexity index is 599. The van der Waals surface area contributed by atoms with E-state index in [1.165, 1.54) is 0 Å². The fourth-order valence-electron chi connectivity index (χ4n) is 2.03. The van der Waals surface area contributed by atoms with E-state index in [0.717, 1.165) is 28.2 Å². The summed E-state index contributed by atoms with van der Waals surface area (Å²) >= 11 is 3.34. The molecule has 4 heteroatoms. The summed E-state index contributed by atoms with van der Waals surface area (Å²) in [4.78, 5) is 0. The summed E-state index contributed by atoms with van der Waals surface area (Å²) in [5, 5.41) is 10.2. The van der Waals surface area contributed by atoms with E-state index < -0.39 is 17.7 Å². The number of aliphatic hydroxyl groups is 1. The zero-order chi connectivity index (χ0) is 14.0. The van der Waals surface area contributed by atoms with Crippen molar-refractivity contribution in [1.29, 1.82) is 0 Å². The van der Waals surface area contributed by atoms with Gasteiger partial charge in [0.05, 0.1) is 6.10 Å². The number of aliphatic hydroxyl groups excluding tert-OH is 1. The van der Waals surface area contributed by atoms with Crippen LogP contribution in [-0.4, -0.2) is 5.11 Å². The summed E-state index contributed by atoms with van der Waals surface area (Å²) in [5.41, 5.74) is 1.79. The molecule has 2 rings (SSSR count). The lowest BCUT2D eigenvalue weighted by Gasteiger charge is -2.14. The van der Waals surface area contributed by atoms with Crippen molar-refractivity contribution in [2.24, 2.45) is 0 Å². The fraction of sp³-hybridized carbons (Fsp3) is 0.200. The molecule has 1 nitrogen and oxygen atoms in total. The summed E-state index contributed by atoms with van der Waals surface area (Å²) in [6.07, 6.45) is -0.809. The normalized spacial score (nSPS) is 12.5. The number of hydrogen-bond acceptors (Lipinski definition) is 1. The Labute approximate surface area is 119 Å². The van der Waals surface area contributed by atoms with Gasteiger partial charge in [-0.2, -0.15) is 0 Å². The Kier molecular flexibility index (Phi) is 4.32. The molecule has 2 aromatic carbocycles. The minimum absolute atomic E-state index is 0.0477. The lowest BCUT2D eigenvalue weighted by Crippen LogP contribution is -2.05. The Morgan fingerprint density at radius 2 is 1.89 bits per heavy atom. The average molecular weight is 327 g/mol. The Morgan fingerprint density at radius 3 is 2.58 bits per heavy atom. The first kappa shape index (κ1) is 14.2. The first-order valence-electron chi connectivity index (χ1n) is 5.85. The second kappa shape index (κ2) is 5.80. The molecule has 0 aromatic heterocycles. The molecule has 0 bridgehead atoms. The van der Waals surface area contributed by atoms with Crippen molar-refractivity contribution < 1.29 is 13.9 Å². The van der Waals surface area contributed by atoms with E-state index >= 15 is 0 Å². The molecule has 0 heterocycles. The zero-order valence-corrected chi connectivity index (χ0v) is 11.9. The van der Waals surface area contributed by atoms with Crippen LogP contribution in [0.25, 0.3) is 0 Å². The molecule has 0 aliphatic heterocycles. The molecule has 0 spiro atoms. The summed E-state index contributed by atoms with van der Waals surface area (Å²) in [6.45, 7) is 1.87. The molecular formula is C15H13BrF2O. The van der Waals surface area contributed by atoms with E-state index in [1.807, 2.05) is 19.1 Å². The number of aryl methyl sites for hydroxylation is 1. The van der Waals surface area contributed by atoms with Crippen LogP contribution in [0.1, 0.15) is 22.8 Å². The molecule has 0 radical (unpaired) electrons. The standard InChI is InChI=1S/C15H13BrF2O/c1-9-6-11(16)2-4-13(9)15(19)8-10-7-12(17)3-5-14(10)18/h2-7,15,19H,8H2,1H3. The second-order valence-electron chi connectivity index (χ2n) is 4.46. The first-order valence-corrected chi connectivity index (χ1v) is 6.64. The third-order valence-corrected chi connectivity index (χ3v) is 3.51. The van der Waals surface area contributed by atoms with Gasteiger partial charge in [-0.15, -0.1) is 0 Å². The molecule has 0 aliphatic carbocycles. The van der Waals surface area contributed by atoms with Crippen LogP contribution in [0, 0.1) is 18.6 Å². The fourth-order valence-corrected chi connectivity index (χ4v) is 2.51. The van der Waals surface area contributed by atoms with Gasteiger partial charge in [-0.05, 0) is 53.9 Å². The Hall–Kier alpha value is -1.26. The Balaban J connectivity index is 2.25. The summed E-state index contributed by atoms with van der Waals surface area (Å²) < 4.78 is 27.5. The molecule has 100 valence electrons. The maximum Gasteiger partial charge on any atom is 0.126 e. The smallest absolute Gasteiger partial charge is 0.126 e. The minimum atomic E-state index is -0.857. The predicted molar refractivity (Wildman–Crippen MR) is 73.9 cm³/mol. The average Bonchev–Trinajstić information content (AvgIpc) is 2.33. The lowest BCUT2D eigenvalue weighted by molar-refractivity contribution is 0.176. The van der Waals surface area contributed by atoms with Gasteiger partial charge < -0.3 is 5.11 Å². The molecule has 1 unspecified atom stereocenters. The van der Waals surface area contributed by atoms with Crippen LogP contribution in [0.5, 0.6) is 0 Å². The van der Waals surface area contributed by atoms with Gasteiger partial charge in [0.15, 0.2) is 0 Å². The molecule has 0 aliphatic rings. The molecule has 0 amide bonds. The van der Waals surface area contributed by atoms with Crippen LogP contribution in [0.15, 0.2) is 40.9 Å². The third kappa shape index (κ3) is 3.39. The van der Waals surface area contributed by atoms with E-state index in [1.54, 1.807) is 6.07 Å². The molecule has 0 saturated heterocycles. The van der Waals surface area contributed by atoms with Crippen molar-refractivity contribution in [3.05, 3.63) is 69.2 Å². The minimum Gasteiger partial charge on any atom is -0.388 e. The quantitative estimate of drug-likeness (QED) is 0.891. The first-order chi connectivity index (χ1) is 8.97. The third-order valence-electron chi connectivity index (χ3n) is 3.01. The number of benzene rings is 2. The van der Waals surface area contributed by atoms with Crippen molar-refractivity contribution in [2.75, 3.05) is 0 Å². The van der Waals surface area contributed by atoms with E-state index in [0.29, 0.717) is 5.56 Å². The maximum absolute atomic E-state index is 13.5. The van der Waals surface area contributed by atoms with Gasteiger partial charge in [0, 0.05) is 10.9 Å². The number of hydrogen-bond donors (Lipinski definition) is 1. The highest BCUT2D eigenvalue weighted by atomic mass is 79.9. The van der Waals surface area contributed by atoms with E-state index in [-0.39, 0.29) is 12.0 Å². The summed E-state index contributed by atoms with van der Waals surface area (Å²) in [5.74, 6) is -1.01. The van der Waals surface area contributed by atoms with Gasteiger partial charge in [-0.3, -0.25) is 0 Å². The molecule has 0 fully saturated rings. The van der Waals surface area contributed by atoms with E-state index in [4.69, 9.17) is 0 Å². The highest BCUT2D eigenvalue weighted by Crippen LogP contribution is 2.25. The topological polar surface area (TPSA) is 20.2 Å². The van der Waals surface area contributed by atoms with E-state index in [9.17, 15) is 13.9 Å². The molecule has 1 N–H and O–H groups in total. The molecule has 2 aromatic rings. The van der Waals surface area contributed by atoms with Gasteiger partial charge in [-0.25, -0.2) is 8.78 Å². The number of rotatable bonds is 3. The van der Waals surface area contributed by atoms with Crippen LogP contribution in [0.2, 0.25) is 0 Å². The van der Waals surface area contributed by atoms with Crippen LogP contribution < -0.4 is 0 Å². The highest BCUT2D eigenvalue weighted by Gasteiger charge is 2.14. The monoisotopic (exact) mass is 326 g/mol. The molecular weight excluding hydrogens is 314 g/mol. The largest absolute Gasteiger partial charge is 0.388 e. The van der Waals surface area contributed by atoms with Gasteiger partial charge in [0.1, 0.15) is 11.6 Å².